The molecule has 0 heterocycles. The third-order valence-electron chi connectivity index (χ3n) is 1.07. The summed E-state index contributed by atoms with van der Waals surface area (Å²) >= 11 is 0. The van der Waals surface area contributed by atoms with Gasteiger partial charge in [-0.1, -0.05) is 6.92 Å². The summed E-state index contributed by atoms with van der Waals surface area (Å²) in [6.45, 7) is 1.48. The number of hydrogen-bond donors (Lipinski definition) is 1. The topological polar surface area (TPSA) is 88.5 Å². The Labute approximate surface area is 75.6 Å². The summed E-state index contributed by atoms with van der Waals surface area (Å²) in [5, 5.41) is 0. The molecule has 74 valence electrons. The SMILES string of the molecule is CCS(=O)(=O)CCSS(=O)(=O)O. The highest BCUT2D eigenvalue weighted by Crippen LogP contribution is 2.09. The van der Waals surface area contributed by atoms with E-state index < -0.39 is 19.0 Å². The molecule has 0 amide bonds. The molecule has 0 aliphatic heterocycles. The first-order valence-electron chi connectivity index (χ1n) is 3.09. The fourth-order valence-corrected chi connectivity index (χ4v) is 3.44. The largest absolute Gasteiger partial charge is 0.319 e. The Morgan fingerprint density at radius 1 is 1.25 bits per heavy atom. The Balaban J connectivity index is 3.89. The average molecular weight is 234 g/mol. The smallest absolute Gasteiger partial charge is 0.277 e. The molecule has 0 fully saturated rings. The molecular formula is C4H10O5S3. The molecule has 0 aliphatic carbocycles. The van der Waals surface area contributed by atoms with E-state index in [1.165, 1.54) is 6.92 Å². The summed E-state index contributed by atoms with van der Waals surface area (Å²) in [5.41, 5.74) is 0. The first-order chi connectivity index (χ1) is 5.27. The van der Waals surface area contributed by atoms with Crippen LogP contribution in [0.5, 0.6) is 0 Å². The molecule has 0 aromatic carbocycles. The molecule has 0 radical (unpaired) electrons. The van der Waals surface area contributed by atoms with Gasteiger partial charge in [0.2, 0.25) is 0 Å². The van der Waals surface area contributed by atoms with Gasteiger partial charge in [-0.2, -0.15) is 8.42 Å². The Morgan fingerprint density at radius 3 is 2.08 bits per heavy atom. The van der Waals surface area contributed by atoms with Crippen LogP contribution in [0.25, 0.3) is 0 Å². The molecular weight excluding hydrogens is 224 g/mol. The van der Waals surface area contributed by atoms with E-state index in [1.54, 1.807) is 0 Å². The molecule has 0 rings (SSSR count). The second kappa shape index (κ2) is 4.45. The van der Waals surface area contributed by atoms with Crippen LogP contribution < -0.4 is 0 Å². The second-order valence-electron chi connectivity index (χ2n) is 1.99. The van der Waals surface area contributed by atoms with E-state index in [4.69, 9.17) is 4.55 Å². The maximum atomic E-state index is 10.8. The van der Waals surface area contributed by atoms with Crippen LogP contribution in [0.1, 0.15) is 6.92 Å². The van der Waals surface area contributed by atoms with Crippen LogP contribution >= 0.6 is 10.8 Å². The molecule has 12 heavy (non-hydrogen) atoms. The first-order valence-corrected chi connectivity index (χ1v) is 7.85. The Bertz CT molecular complexity index is 313. The van der Waals surface area contributed by atoms with E-state index >= 15 is 0 Å². The highest BCUT2D eigenvalue weighted by atomic mass is 33.1. The van der Waals surface area contributed by atoms with Crippen molar-refractivity contribution in [3.63, 3.8) is 0 Å². The van der Waals surface area contributed by atoms with E-state index in [1.807, 2.05) is 0 Å². The lowest BCUT2D eigenvalue weighted by Gasteiger charge is -1.98. The van der Waals surface area contributed by atoms with Crippen molar-refractivity contribution in [2.24, 2.45) is 0 Å². The highest BCUT2D eigenvalue weighted by molar-refractivity contribution is 8.70. The lowest BCUT2D eigenvalue weighted by atomic mass is 10.9. The van der Waals surface area contributed by atoms with E-state index in [2.05, 4.69) is 0 Å². The number of sulfone groups is 1. The van der Waals surface area contributed by atoms with Gasteiger partial charge < -0.3 is 0 Å². The molecule has 0 spiro atoms. The lowest BCUT2D eigenvalue weighted by Crippen LogP contribution is -2.11. The zero-order chi connectivity index (χ0) is 9.83. The lowest BCUT2D eigenvalue weighted by molar-refractivity contribution is 0.503. The van der Waals surface area contributed by atoms with Crippen molar-refractivity contribution in [3.8, 4) is 0 Å². The zero-order valence-electron chi connectivity index (χ0n) is 6.43. The summed E-state index contributed by atoms with van der Waals surface area (Å²) < 4.78 is 50.1. The van der Waals surface area contributed by atoms with Crippen molar-refractivity contribution in [1.82, 2.24) is 0 Å². The summed E-state index contributed by atoms with van der Waals surface area (Å²) in [6.07, 6.45) is 0. The van der Waals surface area contributed by atoms with Crippen molar-refractivity contribution >= 4 is 29.8 Å². The van der Waals surface area contributed by atoms with Crippen LogP contribution in [0.15, 0.2) is 0 Å². The van der Waals surface area contributed by atoms with Crippen molar-refractivity contribution in [3.05, 3.63) is 0 Å². The van der Waals surface area contributed by atoms with E-state index in [9.17, 15) is 16.8 Å². The normalized spacial score (nSPS) is 13.2. The molecule has 0 aromatic rings. The van der Waals surface area contributed by atoms with Crippen molar-refractivity contribution in [1.29, 1.82) is 0 Å². The van der Waals surface area contributed by atoms with Gasteiger partial charge in [0.05, 0.1) is 5.75 Å². The fraction of sp³-hybridized carbons (Fsp3) is 1.00. The van der Waals surface area contributed by atoms with Crippen LogP contribution in [-0.4, -0.2) is 38.6 Å². The standard InChI is InChI=1S/C4H10O5S3/c1-2-11(5,6)4-3-10-12(7,8)9/h2-4H2,1H3,(H,7,8,9). The third kappa shape index (κ3) is 6.89. The van der Waals surface area contributed by atoms with E-state index in [0.717, 1.165) is 0 Å². The average Bonchev–Trinajstić information content (AvgIpc) is 1.84. The van der Waals surface area contributed by atoms with Crippen LogP contribution in [0.3, 0.4) is 0 Å². The predicted octanol–water partition coefficient (Wildman–Crippen LogP) is -0.0429. The van der Waals surface area contributed by atoms with Crippen molar-refractivity contribution < 1.29 is 21.4 Å². The molecule has 0 bridgehead atoms. The van der Waals surface area contributed by atoms with E-state index in [0.29, 0.717) is 0 Å². The van der Waals surface area contributed by atoms with Crippen LogP contribution in [0.2, 0.25) is 0 Å². The minimum absolute atomic E-state index is 0.0148. The molecule has 0 aromatic heterocycles. The van der Waals surface area contributed by atoms with Gasteiger partial charge in [-0.25, -0.2) is 8.42 Å². The van der Waals surface area contributed by atoms with Gasteiger partial charge in [-0.15, -0.1) is 0 Å². The van der Waals surface area contributed by atoms with Crippen molar-refractivity contribution in [2.45, 2.75) is 6.92 Å². The highest BCUT2D eigenvalue weighted by Gasteiger charge is 2.11. The van der Waals surface area contributed by atoms with E-state index in [-0.39, 0.29) is 28.1 Å². The van der Waals surface area contributed by atoms with Gasteiger partial charge in [0.1, 0.15) is 0 Å². The Kier molecular flexibility index (Phi) is 4.53. The van der Waals surface area contributed by atoms with Gasteiger partial charge in [-0.05, 0) is 10.8 Å². The molecule has 5 nitrogen and oxygen atoms in total. The van der Waals surface area contributed by atoms with Crippen molar-refractivity contribution in [2.75, 3.05) is 17.3 Å². The summed E-state index contributed by atoms with van der Waals surface area (Å²) in [6, 6.07) is 0. The third-order valence-corrected chi connectivity index (χ3v) is 5.09. The summed E-state index contributed by atoms with van der Waals surface area (Å²) in [7, 11) is -7.02. The molecule has 0 saturated carbocycles. The molecule has 1 N–H and O–H groups in total. The van der Waals surface area contributed by atoms with Gasteiger partial charge in [-0.3, -0.25) is 4.55 Å². The number of rotatable bonds is 5. The first kappa shape index (κ1) is 12.2. The molecule has 0 atom stereocenters. The molecule has 0 aliphatic rings. The van der Waals surface area contributed by atoms with Crippen LogP contribution in [-0.2, 0) is 19.0 Å². The number of hydrogen-bond acceptors (Lipinski definition) is 5. The second-order valence-corrected chi connectivity index (χ2v) is 7.93. The van der Waals surface area contributed by atoms with Gasteiger partial charge in [0.25, 0.3) is 0 Å². The fourth-order valence-electron chi connectivity index (χ4n) is 0.411. The Morgan fingerprint density at radius 2 is 1.75 bits per heavy atom. The summed E-state index contributed by atoms with van der Waals surface area (Å²) in [4.78, 5) is 0. The van der Waals surface area contributed by atoms with Crippen LogP contribution in [0.4, 0.5) is 0 Å². The minimum Gasteiger partial charge on any atom is -0.277 e. The van der Waals surface area contributed by atoms with Gasteiger partial charge in [0.15, 0.2) is 9.84 Å². The predicted molar refractivity (Wildman–Crippen MR) is 48.3 cm³/mol. The molecule has 0 unspecified atom stereocenters. The maximum Gasteiger partial charge on any atom is 0.319 e. The summed E-state index contributed by atoms with van der Waals surface area (Å²) in [5.74, 6) is -0.373. The van der Waals surface area contributed by atoms with Gasteiger partial charge >= 0.3 is 9.15 Å². The Hall–Kier alpha value is 0.210. The monoisotopic (exact) mass is 234 g/mol. The zero-order valence-corrected chi connectivity index (χ0v) is 8.88. The molecule has 0 saturated heterocycles. The molecule has 8 heteroatoms. The van der Waals surface area contributed by atoms with Crippen LogP contribution in [0, 0.1) is 0 Å². The van der Waals surface area contributed by atoms with Gasteiger partial charge in [0, 0.05) is 11.5 Å². The quantitative estimate of drug-likeness (QED) is 0.530. The minimum atomic E-state index is -4.10. The maximum absolute atomic E-state index is 10.8.